The topological polar surface area (TPSA) is 75.8 Å². The van der Waals surface area contributed by atoms with Crippen LogP contribution in [0.5, 0.6) is 11.5 Å². The van der Waals surface area contributed by atoms with Crippen LogP contribution in [0.3, 0.4) is 0 Å². The van der Waals surface area contributed by atoms with Crippen LogP contribution in [0.4, 0.5) is 5.69 Å². The minimum Gasteiger partial charge on any atom is -0.480 e. The number of carboxylic acid groups (broad SMARTS) is 1. The van der Waals surface area contributed by atoms with Crippen molar-refractivity contribution in [2.24, 2.45) is 5.73 Å². The van der Waals surface area contributed by atoms with Crippen molar-refractivity contribution in [3.05, 3.63) is 65.7 Å². The van der Waals surface area contributed by atoms with Gasteiger partial charge in [-0.25, -0.2) is 0 Å². The van der Waals surface area contributed by atoms with Crippen molar-refractivity contribution >= 4 is 22.4 Å². The average Bonchev–Trinajstić information content (AvgIpc) is 2.67. The molecule has 0 radical (unpaired) electrons. The van der Waals surface area contributed by atoms with E-state index in [9.17, 15) is 9.90 Å². The molecule has 0 aromatic heterocycles. The molecule has 0 saturated heterocycles. The first-order valence-electron chi connectivity index (χ1n) is 9.38. The summed E-state index contributed by atoms with van der Waals surface area (Å²) < 4.78 is 6.21. The van der Waals surface area contributed by atoms with Crippen molar-refractivity contribution < 1.29 is 14.6 Å². The van der Waals surface area contributed by atoms with E-state index >= 15 is 0 Å². The van der Waals surface area contributed by atoms with E-state index in [4.69, 9.17) is 10.5 Å². The molecule has 0 amide bonds. The quantitative estimate of drug-likeness (QED) is 0.721. The number of carboxylic acids is 1. The number of hydrogen-bond acceptors (Lipinski definition) is 4. The molecule has 144 valence electrons. The van der Waals surface area contributed by atoms with Gasteiger partial charge in [-0.15, -0.1) is 0 Å². The Kier molecular flexibility index (Phi) is 4.47. The third kappa shape index (κ3) is 3.29. The summed E-state index contributed by atoms with van der Waals surface area (Å²) >= 11 is 0. The molecule has 0 aliphatic heterocycles. The lowest BCUT2D eigenvalue weighted by Gasteiger charge is -2.31. The van der Waals surface area contributed by atoms with Crippen LogP contribution in [0.25, 0.3) is 10.8 Å². The summed E-state index contributed by atoms with van der Waals surface area (Å²) in [6.07, 6.45) is 1.43. The van der Waals surface area contributed by atoms with Crippen molar-refractivity contribution in [1.82, 2.24) is 0 Å². The second-order valence-corrected chi connectivity index (χ2v) is 7.73. The molecule has 3 aromatic carbocycles. The number of nitrogens with zero attached hydrogens (tertiary/aromatic N) is 1. The molecular formula is C23H24N2O3. The summed E-state index contributed by atoms with van der Waals surface area (Å²) in [5.74, 6) is 0.514. The van der Waals surface area contributed by atoms with E-state index in [1.54, 1.807) is 0 Å². The highest BCUT2D eigenvalue weighted by molar-refractivity contribution is 5.91. The molecule has 5 nitrogen and oxygen atoms in total. The number of aryl methyl sites for hydroxylation is 1. The van der Waals surface area contributed by atoms with Crippen LogP contribution in [0.15, 0.2) is 54.6 Å². The van der Waals surface area contributed by atoms with Crippen LogP contribution < -0.4 is 15.4 Å². The Balaban J connectivity index is 1.69. The van der Waals surface area contributed by atoms with Crippen molar-refractivity contribution in [3.63, 3.8) is 0 Å². The minimum absolute atomic E-state index is 0.315. The van der Waals surface area contributed by atoms with Gasteiger partial charge in [0, 0.05) is 31.6 Å². The van der Waals surface area contributed by atoms with Gasteiger partial charge >= 0.3 is 5.97 Å². The molecule has 4 rings (SSSR count). The molecule has 3 aromatic rings. The van der Waals surface area contributed by atoms with Gasteiger partial charge in [-0.1, -0.05) is 24.3 Å². The van der Waals surface area contributed by atoms with Crippen LogP contribution in [0.2, 0.25) is 0 Å². The molecule has 28 heavy (non-hydrogen) atoms. The molecule has 1 aliphatic rings. The first-order valence-corrected chi connectivity index (χ1v) is 9.38. The Hall–Kier alpha value is -3.05. The number of hydrogen-bond donors (Lipinski definition) is 2. The van der Waals surface area contributed by atoms with E-state index in [1.807, 2.05) is 44.4 Å². The van der Waals surface area contributed by atoms with Gasteiger partial charge in [-0.2, -0.15) is 0 Å². The number of aliphatic carboxylic acids is 1. The fourth-order valence-corrected chi connectivity index (χ4v) is 3.77. The molecule has 0 heterocycles. The average molecular weight is 376 g/mol. The Morgan fingerprint density at radius 2 is 1.93 bits per heavy atom. The van der Waals surface area contributed by atoms with Crippen molar-refractivity contribution in [3.8, 4) is 11.5 Å². The summed E-state index contributed by atoms with van der Waals surface area (Å²) in [4.78, 5) is 13.6. The van der Waals surface area contributed by atoms with E-state index in [2.05, 4.69) is 29.2 Å². The summed E-state index contributed by atoms with van der Waals surface area (Å²) in [5, 5.41) is 11.6. The van der Waals surface area contributed by atoms with Crippen molar-refractivity contribution in [2.45, 2.75) is 24.8 Å². The normalized spacial score (nSPS) is 18.5. The van der Waals surface area contributed by atoms with E-state index in [0.29, 0.717) is 25.0 Å². The molecule has 5 heteroatoms. The van der Waals surface area contributed by atoms with Gasteiger partial charge in [0.25, 0.3) is 0 Å². The standard InChI is InChI=1S/C23H24N2O3/c1-25(2)18-8-6-16-4-3-5-21(20(16)13-18)28-19-9-7-15-10-11-23(24,22(26)27)14-17(15)12-19/h3-9,12-13H,10-11,14,24H2,1-2H3,(H,26,27). The van der Waals surface area contributed by atoms with Crippen LogP contribution in [-0.2, 0) is 17.6 Å². The first kappa shape index (κ1) is 18.3. The zero-order chi connectivity index (χ0) is 19.9. The number of carbonyl (C=O) groups is 1. The number of anilines is 1. The maximum atomic E-state index is 11.5. The summed E-state index contributed by atoms with van der Waals surface area (Å²) in [6, 6.07) is 18.1. The predicted octanol–water partition coefficient (Wildman–Crippen LogP) is 3.97. The lowest BCUT2D eigenvalue weighted by Crippen LogP contribution is -2.52. The Bertz CT molecular complexity index is 1060. The van der Waals surface area contributed by atoms with Gasteiger partial charge in [-0.05, 0) is 59.7 Å². The molecule has 0 bridgehead atoms. The number of rotatable bonds is 4. The van der Waals surface area contributed by atoms with Crippen molar-refractivity contribution in [1.29, 1.82) is 0 Å². The van der Waals surface area contributed by atoms with Gasteiger partial charge in [0.2, 0.25) is 0 Å². The highest BCUT2D eigenvalue weighted by Crippen LogP contribution is 2.35. The maximum Gasteiger partial charge on any atom is 0.324 e. The molecule has 0 fully saturated rings. The minimum atomic E-state index is -1.20. The van der Waals surface area contributed by atoms with E-state index in [1.165, 1.54) is 0 Å². The van der Waals surface area contributed by atoms with Crippen LogP contribution in [0.1, 0.15) is 17.5 Å². The molecule has 1 atom stereocenters. The highest BCUT2D eigenvalue weighted by atomic mass is 16.5. The Morgan fingerprint density at radius 1 is 1.11 bits per heavy atom. The zero-order valence-electron chi connectivity index (χ0n) is 16.1. The smallest absolute Gasteiger partial charge is 0.324 e. The molecule has 1 aliphatic carbocycles. The molecule has 1 unspecified atom stereocenters. The summed E-state index contributed by atoms with van der Waals surface area (Å²) in [5.41, 5.74) is 8.08. The summed E-state index contributed by atoms with van der Waals surface area (Å²) in [7, 11) is 4.02. The number of benzene rings is 3. The van der Waals surface area contributed by atoms with E-state index in [0.717, 1.165) is 33.3 Å². The SMILES string of the molecule is CN(C)c1ccc2cccc(Oc3ccc4c(c3)CC(N)(C(=O)O)CC4)c2c1. The van der Waals surface area contributed by atoms with Gasteiger partial charge in [0.15, 0.2) is 0 Å². The Labute approximate surface area is 164 Å². The maximum absolute atomic E-state index is 11.5. The summed E-state index contributed by atoms with van der Waals surface area (Å²) in [6.45, 7) is 0. The third-order valence-corrected chi connectivity index (χ3v) is 5.52. The van der Waals surface area contributed by atoms with Gasteiger partial charge in [0.05, 0.1) is 0 Å². The Morgan fingerprint density at radius 3 is 2.68 bits per heavy atom. The van der Waals surface area contributed by atoms with Crippen molar-refractivity contribution in [2.75, 3.05) is 19.0 Å². The zero-order valence-corrected chi connectivity index (χ0v) is 16.1. The third-order valence-electron chi connectivity index (χ3n) is 5.52. The lowest BCUT2D eigenvalue weighted by molar-refractivity contribution is -0.143. The molecule has 3 N–H and O–H groups in total. The number of ether oxygens (including phenoxy) is 1. The van der Waals surface area contributed by atoms with E-state index < -0.39 is 11.5 Å². The first-order chi connectivity index (χ1) is 13.4. The second kappa shape index (κ2) is 6.84. The fourth-order valence-electron chi connectivity index (χ4n) is 3.77. The van der Waals surface area contributed by atoms with Gasteiger partial charge < -0.3 is 20.5 Å². The van der Waals surface area contributed by atoms with Gasteiger partial charge in [-0.3, -0.25) is 4.79 Å². The molecule has 0 spiro atoms. The highest BCUT2D eigenvalue weighted by Gasteiger charge is 2.37. The molecule has 0 saturated carbocycles. The van der Waals surface area contributed by atoms with Crippen LogP contribution in [-0.4, -0.2) is 30.7 Å². The van der Waals surface area contributed by atoms with Crippen LogP contribution in [0, 0.1) is 0 Å². The van der Waals surface area contributed by atoms with E-state index in [-0.39, 0.29) is 0 Å². The second-order valence-electron chi connectivity index (χ2n) is 7.73. The predicted molar refractivity (Wildman–Crippen MR) is 111 cm³/mol. The molecular weight excluding hydrogens is 352 g/mol. The largest absolute Gasteiger partial charge is 0.480 e. The van der Waals surface area contributed by atoms with Crippen LogP contribution >= 0.6 is 0 Å². The van der Waals surface area contributed by atoms with Gasteiger partial charge in [0.1, 0.15) is 17.0 Å². The number of nitrogens with two attached hydrogens (primary N) is 1. The lowest BCUT2D eigenvalue weighted by atomic mass is 9.78. The number of fused-ring (bicyclic) bond motifs is 2. The monoisotopic (exact) mass is 376 g/mol. The fraction of sp³-hybridized carbons (Fsp3) is 0.261.